The van der Waals surface area contributed by atoms with Gasteiger partial charge in [-0.3, -0.25) is 4.90 Å². The highest BCUT2D eigenvalue weighted by molar-refractivity contribution is 6.37. The number of halogens is 2. The van der Waals surface area contributed by atoms with E-state index in [1.807, 2.05) is 6.92 Å². The van der Waals surface area contributed by atoms with Crippen molar-refractivity contribution in [2.45, 2.75) is 51.1 Å². The summed E-state index contributed by atoms with van der Waals surface area (Å²) in [5.41, 5.74) is 12.5. The van der Waals surface area contributed by atoms with Gasteiger partial charge in [0.1, 0.15) is 5.66 Å². The molecule has 1 aromatic carbocycles. The summed E-state index contributed by atoms with van der Waals surface area (Å²) in [5, 5.41) is 11.4. The van der Waals surface area contributed by atoms with E-state index in [4.69, 9.17) is 34.7 Å². The lowest BCUT2D eigenvalue weighted by atomic mass is 9.87. The zero-order valence-corrected chi connectivity index (χ0v) is 15.0. The van der Waals surface area contributed by atoms with Crippen molar-refractivity contribution in [1.82, 2.24) is 0 Å². The van der Waals surface area contributed by atoms with Gasteiger partial charge in [0.15, 0.2) is 5.75 Å². The summed E-state index contributed by atoms with van der Waals surface area (Å²) in [6, 6.07) is 1.68. The van der Waals surface area contributed by atoms with Gasteiger partial charge >= 0.3 is 0 Å². The van der Waals surface area contributed by atoms with Crippen molar-refractivity contribution in [3.63, 3.8) is 0 Å². The molecule has 0 atom stereocenters. The number of hydrogen-bond acceptors (Lipinski definition) is 6. The molecule has 1 saturated carbocycles. The molecular weight excluding hydrogens is 349 g/mol. The SMILES string of the molecule is CCc1c(Cl)cc(N2C(N)=NC(N)=NC23CCCCC3)c(O)c1Cl. The Hall–Kier alpha value is -1.66. The molecule has 24 heavy (non-hydrogen) atoms. The molecule has 1 aliphatic heterocycles. The molecule has 0 aromatic heterocycles. The van der Waals surface area contributed by atoms with E-state index in [0.29, 0.717) is 22.7 Å². The first-order valence-corrected chi connectivity index (χ1v) is 8.85. The Morgan fingerprint density at radius 2 is 1.92 bits per heavy atom. The van der Waals surface area contributed by atoms with E-state index >= 15 is 0 Å². The van der Waals surface area contributed by atoms with E-state index in [9.17, 15) is 5.11 Å². The molecule has 0 amide bonds. The first-order valence-electron chi connectivity index (χ1n) is 8.09. The fraction of sp³-hybridized carbons (Fsp3) is 0.500. The van der Waals surface area contributed by atoms with Gasteiger partial charge in [-0.15, -0.1) is 0 Å². The van der Waals surface area contributed by atoms with Crippen molar-refractivity contribution in [3.05, 3.63) is 21.7 Å². The van der Waals surface area contributed by atoms with Crippen LogP contribution in [0.15, 0.2) is 16.1 Å². The maximum Gasteiger partial charge on any atom is 0.220 e. The minimum absolute atomic E-state index is 0.0586. The maximum atomic E-state index is 10.7. The molecule has 130 valence electrons. The summed E-state index contributed by atoms with van der Waals surface area (Å²) >= 11 is 12.7. The largest absolute Gasteiger partial charge is 0.504 e. The number of benzene rings is 1. The third kappa shape index (κ3) is 2.67. The van der Waals surface area contributed by atoms with E-state index in [1.165, 1.54) is 0 Å². The lowest BCUT2D eigenvalue weighted by molar-refractivity contribution is 0.303. The second-order valence-corrected chi connectivity index (χ2v) is 6.98. The fourth-order valence-electron chi connectivity index (χ4n) is 3.60. The molecule has 1 fully saturated rings. The van der Waals surface area contributed by atoms with E-state index in [1.54, 1.807) is 11.0 Å². The van der Waals surface area contributed by atoms with Crippen LogP contribution in [0.4, 0.5) is 5.69 Å². The van der Waals surface area contributed by atoms with Crippen molar-refractivity contribution in [2.24, 2.45) is 21.5 Å². The molecule has 1 spiro atoms. The average Bonchev–Trinajstić information content (AvgIpc) is 2.52. The summed E-state index contributed by atoms with van der Waals surface area (Å²) < 4.78 is 0. The van der Waals surface area contributed by atoms with Crippen LogP contribution < -0.4 is 16.4 Å². The van der Waals surface area contributed by atoms with Gasteiger partial charge < -0.3 is 16.6 Å². The lowest BCUT2D eigenvalue weighted by Gasteiger charge is -2.45. The van der Waals surface area contributed by atoms with Crippen LogP contribution in [0.25, 0.3) is 0 Å². The second kappa shape index (κ2) is 6.33. The van der Waals surface area contributed by atoms with Gasteiger partial charge in [0.2, 0.25) is 11.9 Å². The van der Waals surface area contributed by atoms with Gasteiger partial charge in [0.05, 0.1) is 10.7 Å². The number of aromatic hydroxyl groups is 1. The Morgan fingerprint density at radius 3 is 2.54 bits per heavy atom. The molecular formula is C16H21Cl2N5O. The van der Waals surface area contributed by atoms with Crippen LogP contribution in [0.3, 0.4) is 0 Å². The van der Waals surface area contributed by atoms with Gasteiger partial charge in [-0.1, -0.05) is 36.5 Å². The Bertz CT molecular complexity index is 726. The zero-order valence-electron chi connectivity index (χ0n) is 13.5. The highest BCUT2D eigenvalue weighted by atomic mass is 35.5. The van der Waals surface area contributed by atoms with E-state index in [-0.39, 0.29) is 22.7 Å². The van der Waals surface area contributed by atoms with Crippen LogP contribution in [-0.4, -0.2) is 22.7 Å². The molecule has 3 rings (SSSR count). The summed E-state index contributed by atoms with van der Waals surface area (Å²) in [4.78, 5) is 10.4. The van der Waals surface area contributed by atoms with E-state index in [0.717, 1.165) is 32.1 Å². The third-order valence-electron chi connectivity index (χ3n) is 4.71. The van der Waals surface area contributed by atoms with Crippen molar-refractivity contribution in [1.29, 1.82) is 0 Å². The standard InChI is InChI=1S/C16H21Cl2N5O/c1-2-9-10(17)8-11(13(24)12(9)18)23-15(20)21-14(19)22-16(23)6-4-3-5-7-16/h8,24H,2-7H2,1H3,(H4,19,20,21,22). The quantitative estimate of drug-likeness (QED) is 0.743. The van der Waals surface area contributed by atoms with Gasteiger partial charge in [0.25, 0.3) is 0 Å². The van der Waals surface area contributed by atoms with E-state index in [2.05, 4.69) is 9.98 Å². The first kappa shape index (κ1) is 17.2. The first-order chi connectivity index (χ1) is 11.4. The van der Waals surface area contributed by atoms with Crippen LogP contribution in [-0.2, 0) is 6.42 Å². The molecule has 0 radical (unpaired) electrons. The summed E-state index contributed by atoms with van der Waals surface area (Å²) in [5.74, 6) is 0.292. The predicted octanol–water partition coefficient (Wildman–Crippen LogP) is 3.37. The molecule has 1 aliphatic carbocycles. The van der Waals surface area contributed by atoms with Crippen LogP contribution in [0.2, 0.25) is 10.0 Å². The fourth-order valence-corrected chi connectivity index (χ4v) is 4.31. The molecule has 6 nitrogen and oxygen atoms in total. The Kier molecular flexibility index (Phi) is 4.53. The maximum absolute atomic E-state index is 10.7. The Labute approximate surface area is 151 Å². The van der Waals surface area contributed by atoms with Gasteiger partial charge in [0, 0.05) is 5.02 Å². The molecule has 5 N–H and O–H groups in total. The monoisotopic (exact) mass is 369 g/mol. The molecule has 0 bridgehead atoms. The molecule has 8 heteroatoms. The van der Waals surface area contributed by atoms with Gasteiger partial charge in [-0.05, 0) is 43.7 Å². The molecule has 1 heterocycles. The van der Waals surface area contributed by atoms with Gasteiger partial charge in [-0.25, -0.2) is 4.99 Å². The zero-order chi connectivity index (χ0) is 17.5. The number of anilines is 1. The Balaban J connectivity index is 2.18. The number of phenols is 1. The van der Waals surface area contributed by atoms with Crippen LogP contribution in [0.1, 0.15) is 44.6 Å². The van der Waals surface area contributed by atoms with Crippen LogP contribution in [0.5, 0.6) is 5.75 Å². The van der Waals surface area contributed by atoms with E-state index < -0.39 is 5.66 Å². The number of aliphatic imine (C=N–C) groups is 2. The summed E-state index contributed by atoms with van der Waals surface area (Å²) in [6.07, 6.45) is 5.28. The molecule has 1 aromatic rings. The van der Waals surface area contributed by atoms with Crippen molar-refractivity contribution in [3.8, 4) is 5.75 Å². The number of guanidine groups is 2. The van der Waals surface area contributed by atoms with Crippen molar-refractivity contribution in [2.75, 3.05) is 4.90 Å². The highest BCUT2D eigenvalue weighted by Gasteiger charge is 2.44. The average molecular weight is 370 g/mol. The molecule has 0 unspecified atom stereocenters. The lowest BCUT2D eigenvalue weighted by Crippen LogP contribution is -2.58. The highest BCUT2D eigenvalue weighted by Crippen LogP contribution is 2.47. The topological polar surface area (TPSA) is 100 Å². The smallest absolute Gasteiger partial charge is 0.220 e. The second-order valence-electron chi connectivity index (χ2n) is 6.19. The van der Waals surface area contributed by atoms with Crippen LogP contribution >= 0.6 is 23.2 Å². The minimum Gasteiger partial charge on any atom is -0.504 e. The van der Waals surface area contributed by atoms with Crippen molar-refractivity contribution < 1.29 is 5.11 Å². The summed E-state index contributed by atoms with van der Waals surface area (Å²) in [7, 11) is 0. The number of phenolic OH excluding ortho intramolecular Hbond substituents is 1. The van der Waals surface area contributed by atoms with Crippen molar-refractivity contribution >= 4 is 40.8 Å². The normalized spacial score (nSPS) is 20.0. The number of rotatable bonds is 2. The third-order valence-corrected chi connectivity index (χ3v) is 5.46. The molecule has 0 saturated heterocycles. The molecule has 2 aliphatic rings. The summed E-state index contributed by atoms with van der Waals surface area (Å²) in [6.45, 7) is 1.93. The Morgan fingerprint density at radius 1 is 1.25 bits per heavy atom. The predicted molar refractivity (Wildman–Crippen MR) is 99.0 cm³/mol. The van der Waals surface area contributed by atoms with Gasteiger partial charge in [-0.2, -0.15) is 4.99 Å². The van der Waals surface area contributed by atoms with Crippen LogP contribution in [0, 0.1) is 0 Å². The number of hydrogen-bond donors (Lipinski definition) is 3. The number of nitrogens with zero attached hydrogens (tertiary/aromatic N) is 3. The minimum atomic E-state index is -0.647. The number of nitrogens with two attached hydrogens (primary N) is 2.